The van der Waals surface area contributed by atoms with Crippen molar-refractivity contribution in [2.45, 2.75) is 71.1 Å². The highest BCUT2D eigenvalue weighted by Gasteiger charge is 2.55. The zero-order valence-corrected chi connectivity index (χ0v) is 15.3. The van der Waals surface area contributed by atoms with Crippen LogP contribution in [0, 0.1) is 11.3 Å². The van der Waals surface area contributed by atoms with Crippen molar-refractivity contribution in [1.29, 1.82) is 0 Å². The lowest BCUT2D eigenvalue weighted by Crippen LogP contribution is -2.52. The lowest BCUT2D eigenvalue weighted by atomic mass is 9.50. The molecule has 23 heavy (non-hydrogen) atoms. The monoisotopic (exact) mass is 334 g/mol. The van der Waals surface area contributed by atoms with Crippen LogP contribution in [0.1, 0.15) is 76.0 Å². The molecule has 0 aromatic heterocycles. The van der Waals surface area contributed by atoms with Gasteiger partial charge in [-0.15, -0.1) is 0 Å². The van der Waals surface area contributed by atoms with Crippen LogP contribution in [-0.4, -0.2) is 11.1 Å². The van der Waals surface area contributed by atoms with Crippen molar-refractivity contribution >= 4 is 17.6 Å². The molecule has 3 atom stereocenters. The summed E-state index contributed by atoms with van der Waals surface area (Å²) < 4.78 is 0. The molecular weight excluding hydrogens is 308 g/mol. The normalized spacial score (nSPS) is 33.2. The SMILES string of the molecule is CC(C)c1ccc2c(c1Cl)CC[C@@H]1[C@@](C)(C(=O)O)CCC[C@]21C. The number of fused-ring (bicyclic) bond motifs is 3. The first-order valence-corrected chi connectivity index (χ1v) is 9.14. The molecule has 0 aliphatic heterocycles. The van der Waals surface area contributed by atoms with Crippen molar-refractivity contribution in [3.05, 3.63) is 33.8 Å². The largest absolute Gasteiger partial charge is 0.481 e. The molecule has 2 aliphatic carbocycles. The Hall–Kier alpha value is -1.02. The van der Waals surface area contributed by atoms with E-state index in [4.69, 9.17) is 11.6 Å². The molecule has 3 rings (SSSR count). The van der Waals surface area contributed by atoms with Gasteiger partial charge in [-0.05, 0) is 66.5 Å². The van der Waals surface area contributed by atoms with Crippen LogP contribution >= 0.6 is 11.6 Å². The van der Waals surface area contributed by atoms with Gasteiger partial charge in [-0.3, -0.25) is 4.79 Å². The van der Waals surface area contributed by atoms with Crippen molar-refractivity contribution in [2.75, 3.05) is 0 Å². The van der Waals surface area contributed by atoms with Gasteiger partial charge in [0.2, 0.25) is 0 Å². The second-order valence-electron chi connectivity index (χ2n) is 8.23. The number of aliphatic carboxylic acids is 1. The summed E-state index contributed by atoms with van der Waals surface area (Å²) in [5, 5.41) is 10.8. The number of hydrogen-bond acceptors (Lipinski definition) is 1. The molecule has 126 valence electrons. The fourth-order valence-corrected chi connectivity index (χ4v) is 5.72. The maximum absolute atomic E-state index is 12.0. The molecule has 0 amide bonds. The van der Waals surface area contributed by atoms with Gasteiger partial charge in [0.1, 0.15) is 0 Å². The first-order chi connectivity index (χ1) is 10.7. The highest BCUT2D eigenvalue weighted by atomic mass is 35.5. The topological polar surface area (TPSA) is 37.3 Å². The average Bonchev–Trinajstić information content (AvgIpc) is 2.47. The van der Waals surface area contributed by atoms with E-state index >= 15 is 0 Å². The summed E-state index contributed by atoms with van der Waals surface area (Å²) in [7, 11) is 0. The minimum Gasteiger partial charge on any atom is -0.481 e. The Morgan fingerprint density at radius 1 is 1.30 bits per heavy atom. The van der Waals surface area contributed by atoms with Gasteiger partial charge in [0, 0.05) is 5.02 Å². The van der Waals surface area contributed by atoms with Gasteiger partial charge in [-0.2, -0.15) is 0 Å². The molecule has 0 bridgehead atoms. The van der Waals surface area contributed by atoms with Crippen LogP contribution in [0.4, 0.5) is 0 Å². The molecule has 0 unspecified atom stereocenters. The Kier molecular flexibility index (Phi) is 4.03. The van der Waals surface area contributed by atoms with Gasteiger partial charge in [0.15, 0.2) is 0 Å². The maximum Gasteiger partial charge on any atom is 0.309 e. The van der Waals surface area contributed by atoms with Gasteiger partial charge < -0.3 is 5.11 Å². The molecule has 1 aromatic carbocycles. The Labute approximate surface area is 144 Å². The molecule has 1 aromatic rings. The third-order valence-corrected chi connectivity index (χ3v) is 7.06. The zero-order valence-electron chi connectivity index (χ0n) is 14.6. The van der Waals surface area contributed by atoms with E-state index in [0.717, 1.165) is 37.1 Å². The number of benzene rings is 1. The molecule has 1 N–H and O–H groups in total. The van der Waals surface area contributed by atoms with Crippen molar-refractivity contribution in [3.63, 3.8) is 0 Å². The second kappa shape index (κ2) is 5.51. The highest BCUT2D eigenvalue weighted by Crippen LogP contribution is 2.58. The van der Waals surface area contributed by atoms with E-state index in [0.29, 0.717) is 5.92 Å². The van der Waals surface area contributed by atoms with E-state index in [1.807, 2.05) is 6.92 Å². The van der Waals surface area contributed by atoms with E-state index in [1.165, 1.54) is 16.7 Å². The standard InChI is InChI=1S/C20H27ClO2/c1-12(2)13-6-8-15-14(17(13)21)7-9-16-19(15,3)10-5-11-20(16,4)18(22)23/h6,8,12,16H,5,7,9-11H2,1-4H3,(H,22,23)/t16-,19+,20-/m0/s1. The summed E-state index contributed by atoms with van der Waals surface area (Å²) >= 11 is 6.73. The van der Waals surface area contributed by atoms with E-state index in [1.54, 1.807) is 0 Å². The van der Waals surface area contributed by atoms with Crippen molar-refractivity contribution in [2.24, 2.45) is 11.3 Å². The van der Waals surface area contributed by atoms with Crippen molar-refractivity contribution < 1.29 is 9.90 Å². The molecule has 3 heteroatoms. The summed E-state index contributed by atoms with van der Waals surface area (Å²) in [6, 6.07) is 4.39. The van der Waals surface area contributed by atoms with Crippen LogP contribution < -0.4 is 0 Å². The maximum atomic E-state index is 12.0. The molecule has 1 fully saturated rings. The van der Waals surface area contributed by atoms with Crippen LogP contribution in [0.2, 0.25) is 5.02 Å². The van der Waals surface area contributed by atoms with E-state index in [-0.39, 0.29) is 11.3 Å². The molecule has 2 aliphatic rings. The van der Waals surface area contributed by atoms with E-state index < -0.39 is 11.4 Å². The zero-order chi connectivity index (χ0) is 17.0. The quantitative estimate of drug-likeness (QED) is 0.768. The number of carbonyl (C=O) groups is 1. The van der Waals surface area contributed by atoms with E-state index in [2.05, 4.69) is 32.9 Å². The van der Waals surface area contributed by atoms with Crippen LogP contribution in [0.3, 0.4) is 0 Å². The minimum absolute atomic E-state index is 0.0713. The Bertz CT molecular complexity index is 651. The molecule has 0 saturated heterocycles. The van der Waals surface area contributed by atoms with Crippen LogP contribution in [-0.2, 0) is 16.6 Å². The number of rotatable bonds is 2. The van der Waals surface area contributed by atoms with Gasteiger partial charge in [0.05, 0.1) is 5.41 Å². The van der Waals surface area contributed by atoms with Crippen LogP contribution in [0.25, 0.3) is 0 Å². The average molecular weight is 335 g/mol. The smallest absolute Gasteiger partial charge is 0.309 e. The Balaban J connectivity index is 2.14. The minimum atomic E-state index is -0.637. The molecule has 0 spiro atoms. The van der Waals surface area contributed by atoms with Crippen LogP contribution in [0.15, 0.2) is 12.1 Å². The molecular formula is C20H27ClO2. The number of halogens is 1. The first-order valence-electron chi connectivity index (χ1n) is 8.77. The second-order valence-corrected chi connectivity index (χ2v) is 8.61. The lowest BCUT2D eigenvalue weighted by molar-refractivity contribution is -0.157. The van der Waals surface area contributed by atoms with Crippen molar-refractivity contribution in [3.8, 4) is 0 Å². The summed E-state index contributed by atoms with van der Waals surface area (Å²) in [6.07, 6.45) is 4.64. The van der Waals surface area contributed by atoms with Crippen molar-refractivity contribution in [1.82, 2.24) is 0 Å². The predicted octanol–water partition coefficient (Wildman–Crippen LogP) is 5.56. The number of hydrogen-bond donors (Lipinski definition) is 1. The summed E-state index contributed by atoms with van der Waals surface area (Å²) in [6.45, 7) is 8.56. The molecule has 0 radical (unpaired) electrons. The number of carboxylic acids is 1. The predicted molar refractivity (Wildman–Crippen MR) is 94.3 cm³/mol. The van der Waals surface area contributed by atoms with Crippen LogP contribution in [0.5, 0.6) is 0 Å². The van der Waals surface area contributed by atoms with E-state index in [9.17, 15) is 9.90 Å². The van der Waals surface area contributed by atoms with Gasteiger partial charge >= 0.3 is 5.97 Å². The number of carboxylic acid groups (broad SMARTS) is 1. The third-order valence-electron chi connectivity index (χ3n) is 6.61. The Morgan fingerprint density at radius 3 is 2.61 bits per heavy atom. The fraction of sp³-hybridized carbons (Fsp3) is 0.650. The lowest BCUT2D eigenvalue weighted by Gasteiger charge is -2.53. The van der Waals surface area contributed by atoms with Gasteiger partial charge in [-0.1, -0.05) is 50.9 Å². The highest BCUT2D eigenvalue weighted by molar-refractivity contribution is 6.32. The molecule has 1 saturated carbocycles. The summed E-state index contributed by atoms with van der Waals surface area (Å²) in [4.78, 5) is 12.0. The summed E-state index contributed by atoms with van der Waals surface area (Å²) in [5.41, 5.74) is 3.09. The fourth-order valence-electron chi connectivity index (χ4n) is 5.24. The van der Waals surface area contributed by atoms with Gasteiger partial charge in [-0.25, -0.2) is 0 Å². The van der Waals surface area contributed by atoms with Gasteiger partial charge in [0.25, 0.3) is 0 Å². The third kappa shape index (κ3) is 2.33. The first kappa shape index (κ1) is 16.8. The molecule has 0 heterocycles. The Morgan fingerprint density at radius 2 is 2.00 bits per heavy atom. The molecule has 2 nitrogen and oxygen atoms in total. The summed E-state index contributed by atoms with van der Waals surface area (Å²) in [5.74, 6) is -0.0366.